The van der Waals surface area contributed by atoms with E-state index in [4.69, 9.17) is 4.74 Å². The summed E-state index contributed by atoms with van der Waals surface area (Å²) in [5, 5.41) is 22.2. The first-order valence-electron chi connectivity index (χ1n) is 10.2. The van der Waals surface area contributed by atoms with Gasteiger partial charge in [-0.2, -0.15) is 0 Å². The molecule has 2 aliphatic rings. The summed E-state index contributed by atoms with van der Waals surface area (Å²) in [6, 6.07) is 10.2. The number of carbonyl (C=O) groups excluding carboxylic acids is 2. The molecule has 0 unspecified atom stereocenters. The zero-order valence-electron chi connectivity index (χ0n) is 17.4. The summed E-state index contributed by atoms with van der Waals surface area (Å²) in [5.74, 6) is -2.37. The Balaban J connectivity index is 1.38. The van der Waals surface area contributed by atoms with Crippen molar-refractivity contribution in [2.45, 2.75) is 32.1 Å². The number of aliphatic hydroxyl groups excluding tert-OH is 1. The number of nitrogens with zero attached hydrogens (tertiary/aromatic N) is 2. The van der Waals surface area contributed by atoms with Gasteiger partial charge in [-0.25, -0.2) is 4.79 Å². The molecule has 1 fully saturated rings. The van der Waals surface area contributed by atoms with E-state index in [1.54, 1.807) is 55.7 Å². The van der Waals surface area contributed by atoms with Crippen LogP contribution < -0.4 is 5.32 Å². The second kappa shape index (κ2) is 8.89. The molecule has 32 heavy (non-hydrogen) atoms. The highest BCUT2D eigenvalue weighted by molar-refractivity contribution is 6.06. The van der Waals surface area contributed by atoms with Gasteiger partial charge in [0.05, 0.1) is 24.7 Å². The van der Waals surface area contributed by atoms with E-state index < -0.39 is 18.0 Å². The standard InChI is InChI=1S/C23H23N3O6/c1-13(27)20-18-10-17(21(23(30)31)26(18)22(20)29)15-4-2-14(3-5-15)11-32-12-19(28)25-16-6-8-24-9-7-16/h2-9,13,18,20,27H,10-12H2,1H3,(H,30,31)(H,24,25,28)/t13-,18-,20-/m1/s1. The Bertz CT molecular complexity index is 1060. The van der Waals surface area contributed by atoms with Crippen molar-refractivity contribution in [3.63, 3.8) is 0 Å². The Morgan fingerprint density at radius 3 is 2.53 bits per heavy atom. The number of rotatable bonds is 8. The third kappa shape index (κ3) is 4.12. The van der Waals surface area contributed by atoms with E-state index in [0.29, 0.717) is 23.2 Å². The Morgan fingerprint density at radius 1 is 1.22 bits per heavy atom. The summed E-state index contributed by atoms with van der Waals surface area (Å²) in [6.45, 7) is 1.65. The van der Waals surface area contributed by atoms with E-state index >= 15 is 0 Å². The summed E-state index contributed by atoms with van der Waals surface area (Å²) in [5.41, 5.74) is 2.71. The maximum absolute atomic E-state index is 12.3. The third-order valence-electron chi connectivity index (χ3n) is 5.70. The number of ether oxygens (including phenoxy) is 1. The highest BCUT2D eigenvalue weighted by atomic mass is 16.5. The zero-order valence-corrected chi connectivity index (χ0v) is 17.4. The number of nitrogens with one attached hydrogen (secondary N) is 1. The molecule has 9 heteroatoms. The Morgan fingerprint density at radius 2 is 1.91 bits per heavy atom. The van der Waals surface area contributed by atoms with Crippen LogP contribution in [0.15, 0.2) is 54.5 Å². The average molecular weight is 437 g/mol. The van der Waals surface area contributed by atoms with E-state index in [9.17, 15) is 24.6 Å². The predicted molar refractivity (Wildman–Crippen MR) is 114 cm³/mol. The van der Waals surface area contributed by atoms with Crippen LogP contribution in [0.5, 0.6) is 0 Å². The SMILES string of the molecule is C[C@@H](O)[C@H]1C(=O)N2C(C(=O)O)=C(c3ccc(COCC(=O)Nc4ccncc4)cc3)C[C@H]12. The van der Waals surface area contributed by atoms with Crippen LogP contribution in [0.2, 0.25) is 0 Å². The van der Waals surface area contributed by atoms with Crippen LogP contribution in [-0.2, 0) is 25.7 Å². The monoisotopic (exact) mass is 437 g/mol. The largest absolute Gasteiger partial charge is 0.477 e. The first kappa shape index (κ1) is 21.7. The highest BCUT2D eigenvalue weighted by Crippen LogP contribution is 2.46. The molecule has 2 amide bonds. The van der Waals surface area contributed by atoms with Gasteiger partial charge in [0.15, 0.2) is 0 Å². The molecule has 0 saturated carbocycles. The second-order valence-corrected chi connectivity index (χ2v) is 7.85. The number of hydrogen-bond acceptors (Lipinski definition) is 6. The Hall–Kier alpha value is -3.56. The predicted octanol–water partition coefficient (Wildman–Crippen LogP) is 1.64. The highest BCUT2D eigenvalue weighted by Gasteiger charge is 2.56. The number of amides is 2. The van der Waals surface area contributed by atoms with Crippen molar-refractivity contribution in [2.75, 3.05) is 11.9 Å². The van der Waals surface area contributed by atoms with Gasteiger partial charge in [-0.1, -0.05) is 24.3 Å². The summed E-state index contributed by atoms with van der Waals surface area (Å²) in [7, 11) is 0. The number of β-lactam (4-membered cyclic amide) rings is 1. The fourth-order valence-corrected chi connectivity index (χ4v) is 4.22. The first-order valence-corrected chi connectivity index (χ1v) is 10.2. The van der Waals surface area contributed by atoms with Gasteiger partial charge in [0.25, 0.3) is 0 Å². The van der Waals surface area contributed by atoms with Crippen molar-refractivity contribution in [3.05, 3.63) is 65.6 Å². The average Bonchev–Trinajstić information content (AvgIpc) is 3.10. The van der Waals surface area contributed by atoms with Gasteiger partial charge in [0, 0.05) is 18.1 Å². The molecular weight excluding hydrogens is 414 g/mol. The number of anilines is 1. The van der Waals surface area contributed by atoms with Crippen LogP contribution in [0.25, 0.3) is 5.57 Å². The van der Waals surface area contributed by atoms with Crippen molar-refractivity contribution in [1.29, 1.82) is 0 Å². The molecule has 0 radical (unpaired) electrons. The lowest BCUT2D eigenvalue weighted by Gasteiger charge is -2.44. The number of carboxylic acid groups (broad SMARTS) is 1. The summed E-state index contributed by atoms with van der Waals surface area (Å²) < 4.78 is 5.46. The van der Waals surface area contributed by atoms with Crippen molar-refractivity contribution < 1.29 is 29.3 Å². The summed E-state index contributed by atoms with van der Waals surface area (Å²) in [4.78, 5) is 41.3. The number of benzene rings is 1. The van der Waals surface area contributed by atoms with Gasteiger partial charge >= 0.3 is 5.97 Å². The number of carboxylic acids is 1. The number of carbonyl (C=O) groups is 3. The molecule has 4 rings (SSSR count). The molecule has 3 atom stereocenters. The molecule has 166 valence electrons. The summed E-state index contributed by atoms with van der Waals surface area (Å²) in [6.07, 6.45) is 2.72. The molecule has 2 aliphatic heterocycles. The van der Waals surface area contributed by atoms with Crippen LogP contribution in [-0.4, -0.2) is 56.6 Å². The minimum Gasteiger partial charge on any atom is -0.477 e. The Kier molecular flexibility index (Phi) is 6.02. The maximum Gasteiger partial charge on any atom is 0.352 e. The minimum absolute atomic E-state index is 0.0197. The number of hydrogen-bond donors (Lipinski definition) is 3. The quantitative estimate of drug-likeness (QED) is 0.536. The van der Waals surface area contributed by atoms with Gasteiger partial charge in [0.2, 0.25) is 11.8 Å². The van der Waals surface area contributed by atoms with Crippen molar-refractivity contribution in [3.8, 4) is 0 Å². The second-order valence-electron chi connectivity index (χ2n) is 7.85. The summed E-state index contributed by atoms with van der Waals surface area (Å²) >= 11 is 0. The van der Waals surface area contributed by atoms with E-state index in [0.717, 1.165) is 5.56 Å². The van der Waals surface area contributed by atoms with Gasteiger partial charge in [-0.15, -0.1) is 0 Å². The van der Waals surface area contributed by atoms with Gasteiger partial charge < -0.3 is 25.2 Å². The number of aliphatic carboxylic acids is 1. The number of fused-ring (bicyclic) bond motifs is 1. The van der Waals surface area contributed by atoms with E-state index in [1.165, 1.54) is 4.90 Å². The van der Waals surface area contributed by atoms with Crippen LogP contribution in [0.1, 0.15) is 24.5 Å². The van der Waals surface area contributed by atoms with Crippen LogP contribution in [0.4, 0.5) is 5.69 Å². The van der Waals surface area contributed by atoms with Gasteiger partial charge in [-0.3, -0.25) is 14.6 Å². The van der Waals surface area contributed by atoms with Crippen LogP contribution in [0.3, 0.4) is 0 Å². The molecule has 1 aromatic carbocycles. The molecule has 3 N–H and O–H groups in total. The maximum atomic E-state index is 12.3. The fraction of sp³-hybridized carbons (Fsp3) is 0.304. The van der Waals surface area contributed by atoms with Crippen molar-refractivity contribution >= 4 is 29.0 Å². The van der Waals surface area contributed by atoms with Crippen molar-refractivity contribution in [2.24, 2.45) is 5.92 Å². The lowest BCUT2D eigenvalue weighted by Crippen LogP contribution is -2.61. The van der Waals surface area contributed by atoms with Crippen LogP contribution >= 0.6 is 0 Å². The molecule has 1 aromatic heterocycles. The normalized spacial score (nSPS) is 20.6. The van der Waals surface area contributed by atoms with Gasteiger partial charge in [-0.05, 0) is 42.2 Å². The van der Waals surface area contributed by atoms with E-state index in [-0.39, 0.29) is 36.8 Å². The molecule has 2 aromatic rings. The van der Waals surface area contributed by atoms with Crippen molar-refractivity contribution in [1.82, 2.24) is 9.88 Å². The third-order valence-corrected chi connectivity index (χ3v) is 5.70. The lowest BCUT2D eigenvalue weighted by molar-refractivity contribution is -0.161. The number of aliphatic hydroxyl groups is 1. The molecular formula is C23H23N3O6. The molecule has 9 nitrogen and oxygen atoms in total. The Labute approximate surface area is 184 Å². The molecule has 0 spiro atoms. The first-order chi connectivity index (χ1) is 15.4. The molecule has 3 heterocycles. The fourth-order valence-electron chi connectivity index (χ4n) is 4.22. The van der Waals surface area contributed by atoms with E-state index in [1.807, 2.05) is 0 Å². The smallest absolute Gasteiger partial charge is 0.352 e. The topological polar surface area (TPSA) is 129 Å². The lowest BCUT2D eigenvalue weighted by atomic mass is 9.82. The molecule has 0 bridgehead atoms. The molecule has 0 aliphatic carbocycles. The zero-order chi connectivity index (χ0) is 22.8. The van der Waals surface area contributed by atoms with Gasteiger partial charge in [0.1, 0.15) is 12.3 Å². The van der Waals surface area contributed by atoms with Crippen LogP contribution in [0, 0.1) is 5.92 Å². The number of pyridine rings is 1. The molecule has 1 saturated heterocycles. The van der Waals surface area contributed by atoms with E-state index in [2.05, 4.69) is 10.3 Å². The number of aromatic nitrogens is 1. The minimum atomic E-state index is -1.16.